The summed E-state index contributed by atoms with van der Waals surface area (Å²) < 4.78 is 0. The van der Waals surface area contributed by atoms with Crippen molar-refractivity contribution in [3.8, 4) is 0 Å². The Labute approximate surface area is 94.0 Å². The molecule has 0 aromatic rings. The third-order valence-corrected chi connectivity index (χ3v) is 3.52. The van der Waals surface area contributed by atoms with Gasteiger partial charge in [0.25, 0.3) is 0 Å². The highest BCUT2D eigenvalue weighted by atomic mass is 16.2. The first kappa shape index (κ1) is 12.5. The first-order chi connectivity index (χ1) is 7.20. The second-order valence-electron chi connectivity index (χ2n) is 4.78. The van der Waals surface area contributed by atoms with Gasteiger partial charge in [0.2, 0.25) is 5.91 Å². The van der Waals surface area contributed by atoms with Gasteiger partial charge in [-0.25, -0.2) is 0 Å². The summed E-state index contributed by atoms with van der Waals surface area (Å²) in [7, 11) is 0. The van der Waals surface area contributed by atoms with Crippen molar-refractivity contribution in [3.63, 3.8) is 0 Å². The third-order valence-electron chi connectivity index (χ3n) is 3.52. The molecule has 2 heteroatoms. The molecule has 0 radical (unpaired) electrons. The van der Waals surface area contributed by atoms with Gasteiger partial charge in [0.1, 0.15) is 0 Å². The summed E-state index contributed by atoms with van der Waals surface area (Å²) in [5.41, 5.74) is 0. The topological polar surface area (TPSA) is 20.3 Å². The van der Waals surface area contributed by atoms with Crippen LogP contribution in [0.2, 0.25) is 0 Å². The summed E-state index contributed by atoms with van der Waals surface area (Å²) in [6.07, 6.45) is 6.96. The van der Waals surface area contributed by atoms with Gasteiger partial charge in [0.15, 0.2) is 0 Å². The standard InChI is InChI=1S/C13H25NO/c1-4-8-11(3)13(15)14-10-7-6-9-12(14)5-2/h11-12H,4-10H2,1-3H3/t11-,12-/m1/s1. The zero-order chi connectivity index (χ0) is 11.3. The summed E-state index contributed by atoms with van der Waals surface area (Å²) in [5.74, 6) is 0.616. The smallest absolute Gasteiger partial charge is 0.225 e. The molecule has 1 aliphatic rings. The Kier molecular flexibility index (Phi) is 5.13. The van der Waals surface area contributed by atoms with Crippen LogP contribution in [-0.4, -0.2) is 23.4 Å². The van der Waals surface area contributed by atoms with Crippen LogP contribution in [0, 0.1) is 5.92 Å². The molecule has 0 N–H and O–H groups in total. The maximum atomic E-state index is 12.2. The van der Waals surface area contributed by atoms with Gasteiger partial charge in [-0.1, -0.05) is 27.2 Å². The van der Waals surface area contributed by atoms with E-state index in [4.69, 9.17) is 0 Å². The molecule has 1 saturated heterocycles. The average molecular weight is 211 g/mol. The number of hydrogen-bond acceptors (Lipinski definition) is 1. The van der Waals surface area contributed by atoms with E-state index in [2.05, 4.69) is 25.7 Å². The van der Waals surface area contributed by atoms with E-state index in [0.717, 1.165) is 25.8 Å². The molecular formula is C13H25NO. The number of likely N-dealkylation sites (tertiary alicyclic amines) is 1. The highest BCUT2D eigenvalue weighted by Crippen LogP contribution is 2.22. The minimum Gasteiger partial charge on any atom is -0.340 e. The lowest BCUT2D eigenvalue weighted by Gasteiger charge is -2.37. The van der Waals surface area contributed by atoms with E-state index in [-0.39, 0.29) is 5.92 Å². The first-order valence-electron chi connectivity index (χ1n) is 6.51. The number of piperidine rings is 1. The summed E-state index contributed by atoms with van der Waals surface area (Å²) >= 11 is 0. The van der Waals surface area contributed by atoms with Crippen molar-refractivity contribution in [3.05, 3.63) is 0 Å². The largest absolute Gasteiger partial charge is 0.340 e. The van der Waals surface area contributed by atoms with Crippen molar-refractivity contribution in [2.45, 2.75) is 65.3 Å². The molecular weight excluding hydrogens is 186 g/mol. The van der Waals surface area contributed by atoms with Crippen LogP contribution in [0.3, 0.4) is 0 Å². The predicted octanol–water partition coefficient (Wildman–Crippen LogP) is 3.21. The zero-order valence-corrected chi connectivity index (χ0v) is 10.5. The maximum Gasteiger partial charge on any atom is 0.225 e. The van der Waals surface area contributed by atoms with E-state index in [1.807, 2.05) is 0 Å². The fraction of sp³-hybridized carbons (Fsp3) is 0.923. The number of hydrogen-bond donors (Lipinski definition) is 0. The lowest BCUT2D eigenvalue weighted by molar-refractivity contribution is -0.139. The SMILES string of the molecule is CCC[C@@H](C)C(=O)N1CCCC[C@H]1CC. The monoisotopic (exact) mass is 211 g/mol. The van der Waals surface area contributed by atoms with E-state index in [1.165, 1.54) is 19.3 Å². The molecule has 15 heavy (non-hydrogen) atoms. The Morgan fingerprint density at radius 3 is 2.73 bits per heavy atom. The van der Waals surface area contributed by atoms with Crippen molar-refractivity contribution in [1.29, 1.82) is 0 Å². The van der Waals surface area contributed by atoms with Gasteiger partial charge in [-0.2, -0.15) is 0 Å². The second-order valence-corrected chi connectivity index (χ2v) is 4.78. The van der Waals surface area contributed by atoms with E-state index in [1.54, 1.807) is 0 Å². The van der Waals surface area contributed by atoms with Gasteiger partial charge in [-0.05, 0) is 32.1 Å². The molecule has 1 fully saturated rings. The van der Waals surface area contributed by atoms with Crippen molar-refractivity contribution in [1.82, 2.24) is 4.90 Å². The van der Waals surface area contributed by atoms with Gasteiger partial charge in [-0.15, -0.1) is 0 Å². The molecule has 1 heterocycles. The Morgan fingerprint density at radius 2 is 2.13 bits per heavy atom. The summed E-state index contributed by atoms with van der Waals surface area (Å²) in [6.45, 7) is 7.41. The lowest BCUT2D eigenvalue weighted by Crippen LogP contribution is -2.45. The number of carbonyl (C=O) groups is 1. The van der Waals surface area contributed by atoms with Crippen LogP contribution in [0.4, 0.5) is 0 Å². The molecule has 88 valence electrons. The predicted molar refractivity (Wildman–Crippen MR) is 63.7 cm³/mol. The molecule has 1 amide bonds. The number of amides is 1. The second kappa shape index (κ2) is 6.14. The molecule has 0 unspecified atom stereocenters. The summed E-state index contributed by atoms with van der Waals surface area (Å²) in [5, 5.41) is 0. The quantitative estimate of drug-likeness (QED) is 0.699. The van der Waals surface area contributed by atoms with Crippen LogP contribution in [0.25, 0.3) is 0 Å². The van der Waals surface area contributed by atoms with Gasteiger partial charge >= 0.3 is 0 Å². The van der Waals surface area contributed by atoms with Gasteiger partial charge < -0.3 is 4.90 Å². The normalized spacial score (nSPS) is 23.9. The number of nitrogens with zero attached hydrogens (tertiary/aromatic N) is 1. The average Bonchev–Trinajstić information content (AvgIpc) is 2.28. The Balaban J connectivity index is 2.55. The number of rotatable bonds is 4. The molecule has 0 aromatic heterocycles. The molecule has 0 aromatic carbocycles. The van der Waals surface area contributed by atoms with Crippen molar-refractivity contribution in [2.24, 2.45) is 5.92 Å². The van der Waals surface area contributed by atoms with Gasteiger partial charge in [0, 0.05) is 18.5 Å². The molecule has 0 saturated carbocycles. The number of carbonyl (C=O) groups excluding carboxylic acids is 1. The fourth-order valence-corrected chi connectivity index (χ4v) is 2.55. The van der Waals surface area contributed by atoms with Crippen LogP contribution in [0.1, 0.15) is 59.3 Å². The Hall–Kier alpha value is -0.530. The summed E-state index contributed by atoms with van der Waals surface area (Å²) in [6, 6.07) is 0.519. The van der Waals surface area contributed by atoms with Crippen LogP contribution in [0.5, 0.6) is 0 Å². The van der Waals surface area contributed by atoms with Crippen LogP contribution < -0.4 is 0 Å². The first-order valence-corrected chi connectivity index (χ1v) is 6.51. The van der Waals surface area contributed by atoms with Gasteiger partial charge in [-0.3, -0.25) is 4.79 Å². The highest BCUT2D eigenvalue weighted by molar-refractivity contribution is 5.78. The minimum atomic E-state index is 0.224. The van der Waals surface area contributed by atoms with Crippen molar-refractivity contribution in [2.75, 3.05) is 6.54 Å². The van der Waals surface area contributed by atoms with Crippen LogP contribution in [0.15, 0.2) is 0 Å². The van der Waals surface area contributed by atoms with E-state index in [0.29, 0.717) is 11.9 Å². The molecule has 2 nitrogen and oxygen atoms in total. The minimum absolute atomic E-state index is 0.224. The Bertz CT molecular complexity index is 203. The third kappa shape index (κ3) is 3.22. The molecule has 0 bridgehead atoms. The summed E-state index contributed by atoms with van der Waals surface area (Å²) in [4.78, 5) is 14.3. The molecule has 1 aliphatic heterocycles. The zero-order valence-electron chi connectivity index (χ0n) is 10.5. The maximum absolute atomic E-state index is 12.2. The Morgan fingerprint density at radius 1 is 1.40 bits per heavy atom. The van der Waals surface area contributed by atoms with Gasteiger partial charge in [0.05, 0.1) is 0 Å². The molecule has 2 atom stereocenters. The highest BCUT2D eigenvalue weighted by Gasteiger charge is 2.27. The van der Waals surface area contributed by atoms with Crippen molar-refractivity contribution >= 4 is 5.91 Å². The molecule has 1 rings (SSSR count). The van der Waals surface area contributed by atoms with Crippen molar-refractivity contribution < 1.29 is 4.79 Å². The van der Waals surface area contributed by atoms with E-state index >= 15 is 0 Å². The van der Waals surface area contributed by atoms with Crippen LogP contribution in [-0.2, 0) is 4.79 Å². The molecule has 0 spiro atoms. The van der Waals surface area contributed by atoms with E-state index in [9.17, 15) is 4.79 Å². The molecule has 0 aliphatic carbocycles. The van der Waals surface area contributed by atoms with E-state index < -0.39 is 0 Å². The lowest BCUT2D eigenvalue weighted by atomic mass is 9.96. The fourth-order valence-electron chi connectivity index (χ4n) is 2.55. The van der Waals surface area contributed by atoms with Crippen LogP contribution >= 0.6 is 0 Å².